The zero-order valence-electron chi connectivity index (χ0n) is 21.5. The summed E-state index contributed by atoms with van der Waals surface area (Å²) in [5.41, 5.74) is 2.06. The zero-order valence-corrected chi connectivity index (χ0v) is 21.5. The molecule has 3 aromatic carbocycles. The molecule has 0 fully saturated rings. The van der Waals surface area contributed by atoms with Crippen molar-refractivity contribution < 1.29 is 29.3 Å². The lowest BCUT2D eigenvalue weighted by molar-refractivity contribution is -0.138. The summed E-state index contributed by atoms with van der Waals surface area (Å²) in [7, 11) is 0. The minimum atomic E-state index is -1.43. The van der Waals surface area contributed by atoms with Crippen molar-refractivity contribution in [2.75, 3.05) is 38.1 Å². The molecule has 0 aromatic heterocycles. The summed E-state index contributed by atoms with van der Waals surface area (Å²) in [6, 6.07) is 18.5. The van der Waals surface area contributed by atoms with E-state index < -0.39 is 30.5 Å². The molecule has 0 radical (unpaired) electrons. The number of carbonyl (C=O) groups is 3. The van der Waals surface area contributed by atoms with Gasteiger partial charge in [0, 0.05) is 24.7 Å². The molecule has 0 unspecified atom stereocenters. The summed E-state index contributed by atoms with van der Waals surface area (Å²) >= 11 is 0. The minimum absolute atomic E-state index is 0.0691. The van der Waals surface area contributed by atoms with E-state index in [4.69, 9.17) is 4.74 Å². The number of guanidine groups is 1. The van der Waals surface area contributed by atoms with Crippen molar-refractivity contribution in [3.8, 4) is 22.6 Å². The van der Waals surface area contributed by atoms with E-state index in [0.717, 1.165) is 24.2 Å². The third kappa shape index (κ3) is 7.63. The highest BCUT2D eigenvalue weighted by atomic mass is 16.5. The van der Waals surface area contributed by atoms with Gasteiger partial charge in [-0.15, -0.1) is 0 Å². The van der Waals surface area contributed by atoms with E-state index >= 15 is 0 Å². The third-order valence-electron chi connectivity index (χ3n) is 5.88. The fourth-order valence-corrected chi connectivity index (χ4v) is 3.92. The molecular formula is C28H30N6O6. The number of rotatable bonds is 11. The van der Waals surface area contributed by atoms with E-state index in [2.05, 4.69) is 31.6 Å². The van der Waals surface area contributed by atoms with Crippen molar-refractivity contribution in [3.63, 3.8) is 0 Å². The molecule has 3 aromatic rings. The molecule has 3 amide bonds. The molecule has 1 aliphatic rings. The van der Waals surface area contributed by atoms with Crippen LogP contribution in [0, 0.1) is 0 Å². The molecule has 0 saturated heterocycles. The number of nitrogens with zero attached hydrogens (tertiary/aromatic N) is 1. The lowest BCUT2D eigenvalue weighted by Gasteiger charge is -2.17. The molecule has 40 heavy (non-hydrogen) atoms. The number of para-hydroxylation sites is 1. The summed E-state index contributed by atoms with van der Waals surface area (Å²) in [5.74, 6) is -1.32. The van der Waals surface area contributed by atoms with Crippen LogP contribution < -0.4 is 31.3 Å². The van der Waals surface area contributed by atoms with Crippen LogP contribution in [0.1, 0.15) is 10.4 Å². The number of nitrogens with one attached hydrogen (secondary N) is 5. The number of urea groups is 1. The number of amides is 3. The number of aliphatic carboxylic acids is 1. The predicted molar refractivity (Wildman–Crippen MR) is 150 cm³/mol. The number of hydrogen-bond donors (Lipinski definition) is 7. The molecule has 7 N–H and O–H groups in total. The Hall–Kier alpha value is -5.26. The Bertz CT molecular complexity index is 1380. The second kappa shape index (κ2) is 13.5. The van der Waals surface area contributed by atoms with E-state index in [1.807, 2.05) is 42.5 Å². The number of carbonyl (C=O) groups excluding carboxylic acids is 2. The molecule has 1 aliphatic heterocycles. The van der Waals surface area contributed by atoms with Gasteiger partial charge in [0.05, 0.1) is 24.3 Å². The van der Waals surface area contributed by atoms with Gasteiger partial charge in [0.2, 0.25) is 0 Å². The number of phenols is 1. The lowest BCUT2D eigenvalue weighted by Crippen LogP contribution is -2.49. The molecule has 0 aliphatic carbocycles. The SMILES string of the molecule is O=C(Nc1ccccc1-c1ccccc1)N[C@@H](CNC(=O)c1ccc(OCCNC2=NCCN2)cc1O)C(=O)O. The average molecular weight is 547 g/mol. The van der Waals surface area contributed by atoms with E-state index in [0.29, 0.717) is 30.5 Å². The molecule has 12 heteroatoms. The van der Waals surface area contributed by atoms with Crippen LogP contribution in [0.3, 0.4) is 0 Å². The molecule has 0 spiro atoms. The lowest BCUT2D eigenvalue weighted by atomic mass is 10.0. The van der Waals surface area contributed by atoms with Crippen molar-refractivity contribution in [1.82, 2.24) is 21.3 Å². The first-order valence-electron chi connectivity index (χ1n) is 12.6. The first-order chi connectivity index (χ1) is 19.4. The smallest absolute Gasteiger partial charge is 0.328 e. The first kappa shape index (κ1) is 27.8. The first-order valence-corrected chi connectivity index (χ1v) is 12.6. The quantitative estimate of drug-likeness (QED) is 0.179. The van der Waals surface area contributed by atoms with Crippen LogP contribution >= 0.6 is 0 Å². The van der Waals surface area contributed by atoms with Gasteiger partial charge >= 0.3 is 12.0 Å². The molecule has 1 atom stereocenters. The average Bonchev–Trinajstić information content (AvgIpc) is 3.47. The van der Waals surface area contributed by atoms with Gasteiger partial charge < -0.3 is 41.5 Å². The summed E-state index contributed by atoms with van der Waals surface area (Å²) in [6.07, 6.45) is 0. The fraction of sp³-hybridized carbons (Fsp3) is 0.214. The summed E-state index contributed by atoms with van der Waals surface area (Å²) in [5, 5.41) is 33.5. The normalized spacial score (nSPS) is 12.8. The highest BCUT2D eigenvalue weighted by Gasteiger charge is 2.22. The molecule has 0 saturated carbocycles. The summed E-state index contributed by atoms with van der Waals surface area (Å²) < 4.78 is 5.57. The number of aliphatic imine (C=N–C) groups is 1. The summed E-state index contributed by atoms with van der Waals surface area (Å²) in [6.45, 7) is 1.89. The van der Waals surface area contributed by atoms with Crippen molar-refractivity contribution in [2.45, 2.75) is 6.04 Å². The maximum absolute atomic E-state index is 12.6. The van der Waals surface area contributed by atoms with Gasteiger partial charge in [-0.1, -0.05) is 48.5 Å². The highest BCUT2D eigenvalue weighted by Crippen LogP contribution is 2.27. The maximum Gasteiger partial charge on any atom is 0.328 e. The van der Waals surface area contributed by atoms with Crippen LogP contribution in [0.25, 0.3) is 11.1 Å². The fourth-order valence-electron chi connectivity index (χ4n) is 3.92. The van der Waals surface area contributed by atoms with E-state index in [-0.39, 0.29) is 11.3 Å². The van der Waals surface area contributed by atoms with Crippen LogP contribution in [0.15, 0.2) is 77.8 Å². The van der Waals surface area contributed by atoms with Crippen molar-refractivity contribution in [2.24, 2.45) is 4.99 Å². The van der Waals surface area contributed by atoms with E-state index in [9.17, 15) is 24.6 Å². The van der Waals surface area contributed by atoms with Gasteiger partial charge in [0.1, 0.15) is 24.1 Å². The Balaban J connectivity index is 1.29. The second-order valence-electron chi connectivity index (χ2n) is 8.72. The van der Waals surface area contributed by atoms with Gasteiger partial charge in [0.25, 0.3) is 5.91 Å². The van der Waals surface area contributed by atoms with Crippen molar-refractivity contribution >= 4 is 29.6 Å². The molecular weight excluding hydrogens is 516 g/mol. The number of hydrogen-bond acceptors (Lipinski definition) is 8. The summed E-state index contributed by atoms with van der Waals surface area (Å²) in [4.78, 5) is 41.2. The highest BCUT2D eigenvalue weighted by molar-refractivity contribution is 5.98. The molecule has 12 nitrogen and oxygen atoms in total. The van der Waals surface area contributed by atoms with Crippen LogP contribution in [0.2, 0.25) is 0 Å². The number of anilines is 1. The minimum Gasteiger partial charge on any atom is -0.507 e. The van der Waals surface area contributed by atoms with Gasteiger partial charge in [-0.25, -0.2) is 9.59 Å². The number of carboxylic acid groups (broad SMARTS) is 1. The van der Waals surface area contributed by atoms with Crippen molar-refractivity contribution in [3.05, 3.63) is 78.4 Å². The third-order valence-corrected chi connectivity index (χ3v) is 5.88. The van der Waals surface area contributed by atoms with Crippen LogP contribution in [0.4, 0.5) is 10.5 Å². The van der Waals surface area contributed by atoms with Crippen LogP contribution in [-0.2, 0) is 4.79 Å². The number of ether oxygens (including phenoxy) is 1. The van der Waals surface area contributed by atoms with E-state index in [1.54, 1.807) is 12.1 Å². The Morgan fingerprint density at radius 2 is 1.80 bits per heavy atom. The molecule has 4 rings (SSSR count). The van der Waals surface area contributed by atoms with Crippen LogP contribution in [-0.4, -0.2) is 72.9 Å². The topological polar surface area (TPSA) is 173 Å². The van der Waals surface area contributed by atoms with Crippen LogP contribution in [0.5, 0.6) is 11.5 Å². The predicted octanol–water partition coefficient (Wildman–Crippen LogP) is 1.99. The monoisotopic (exact) mass is 546 g/mol. The number of phenolic OH excluding ortho intramolecular Hbond substituents is 1. The Morgan fingerprint density at radius 1 is 1.02 bits per heavy atom. The Morgan fingerprint density at radius 3 is 2.52 bits per heavy atom. The Kier molecular flexibility index (Phi) is 9.38. The van der Waals surface area contributed by atoms with Gasteiger partial charge in [-0.2, -0.15) is 0 Å². The standard InChI is InChI=1S/C28H30N6O6/c35-24-16-19(40-15-14-31-27-29-12-13-30-27)10-11-21(24)25(36)32-17-23(26(37)38)34-28(39)33-22-9-5-4-8-20(22)18-6-2-1-3-7-18/h1-11,16,23,35H,12-15,17H2,(H,32,36)(H,37,38)(H2,29,30,31)(H2,33,34,39)/t23-/m0/s1. The van der Waals surface area contributed by atoms with E-state index in [1.165, 1.54) is 18.2 Å². The zero-order chi connectivity index (χ0) is 28.3. The number of aromatic hydroxyl groups is 1. The van der Waals surface area contributed by atoms with Gasteiger partial charge in [0.15, 0.2) is 5.96 Å². The number of benzene rings is 3. The number of carboxylic acids is 1. The van der Waals surface area contributed by atoms with Gasteiger partial charge in [-0.3, -0.25) is 9.79 Å². The molecule has 0 bridgehead atoms. The maximum atomic E-state index is 12.6. The Labute approximate surface area is 230 Å². The largest absolute Gasteiger partial charge is 0.507 e. The van der Waals surface area contributed by atoms with Gasteiger partial charge in [-0.05, 0) is 23.8 Å². The molecule has 1 heterocycles. The van der Waals surface area contributed by atoms with Crippen molar-refractivity contribution in [1.29, 1.82) is 0 Å². The second-order valence-corrected chi connectivity index (χ2v) is 8.72. The molecule has 208 valence electrons.